The Labute approximate surface area is 84.7 Å². The molecular weight excluding hydrogens is 230 g/mol. The molecule has 0 aliphatic heterocycles. The van der Waals surface area contributed by atoms with Crippen LogP contribution in [0.1, 0.15) is 12.7 Å². The normalized spacial score (nSPS) is 10.9. The minimum atomic E-state index is 0.596. The Morgan fingerprint density at radius 2 is 2.38 bits per heavy atom. The first-order valence-electron chi connectivity index (χ1n) is 4.14. The highest BCUT2D eigenvalue weighted by atomic mass is 79.9. The average Bonchev–Trinajstić information content (AvgIpc) is 2.43. The number of halogens is 1. The summed E-state index contributed by atoms with van der Waals surface area (Å²) in [6.45, 7) is 2.07. The minimum Gasteiger partial charge on any atom is -0.382 e. The number of pyridine rings is 1. The van der Waals surface area contributed by atoms with Gasteiger partial charge < -0.3 is 10.1 Å². The molecule has 4 heteroatoms. The molecule has 2 rings (SSSR count). The van der Waals surface area contributed by atoms with Crippen LogP contribution in [-0.4, -0.2) is 9.38 Å². The highest BCUT2D eigenvalue weighted by Crippen LogP contribution is 2.19. The zero-order chi connectivity index (χ0) is 9.42. The van der Waals surface area contributed by atoms with Crippen molar-refractivity contribution >= 4 is 27.3 Å². The molecule has 2 heterocycles. The Hall–Kier alpha value is -1.03. The van der Waals surface area contributed by atoms with Gasteiger partial charge in [-0.25, -0.2) is 4.98 Å². The highest BCUT2D eigenvalue weighted by molar-refractivity contribution is 9.10. The Bertz CT molecular complexity index is 447. The lowest BCUT2D eigenvalue weighted by atomic mass is 10.4. The number of nitrogens with zero attached hydrogens (tertiary/aromatic N) is 2. The van der Waals surface area contributed by atoms with E-state index in [1.807, 2.05) is 22.7 Å². The van der Waals surface area contributed by atoms with E-state index in [1.165, 1.54) is 0 Å². The molecule has 68 valence electrons. The van der Waals surface area contributed by atoms with Gasteiger partial charge in [-0.15, -0.1) is 0 Å². The van der Waals surface area contributed by atoms with Crippen LogP contribution < -0.4 is 5.73 Å². The number of nitrogens with two attached hydrogens (primary N) is 1. The molecule has 0 radical (unpaired) electrons. The fourth-order valence-corrected chi connectivity index (χ4v) is 1.73. The second-order valence-electron chi connectivity index (χ2n) is 2.87. The van der Waals surface area contributed by atoms with Crippen molar-refractivity contribution in [1.29, 1.82) is 0 Å². The van der Waals surface area contributed by atoms with Gasteiger partial charge in [-0.1, -0.05) is 22.9 Å². The van der Waals surface area contributed by atoms with Crippen LogP contribution in [-0.2, 0) is 6.42 Å². The summed E-state index contributed by atoms with van der Waals surface area (Å²) in [4.78, 5) is 4.27. The lowest BCUT2D eigenvalue weighted by molar-refractivity contribution is 0.934. The first-order valence-corrected chi connectivity index (χ1v) is 4.93. The lowest BCUT2D eigenvalue weighted by Gasteiger charge is -1.97. The van der Waals surface area contributed by atoms with Gasteiger partial charge in [0.25, 0.3) is 0 Å². The molecule has 0 saturated heterocycles. The monoisotopic (exact) mass is 239 g/mol. The van der Waals surface area contributed by atoms with Gasteiger partial charge >= 0.3 is 0 Å². The molecule has 0 saturated carbocycles. The molecule has 0 amide bonds. The third-order valence-electron chi connectivity index (χ3n) is 2.02. The second-order valence-corrected chi connectivity index (χ2v) is 3.78. The molecule has 2 aromatic rings. The van der Waals surface area contributed by atoms with Crippen molar-refractivity contribution in [3.05, 3.63) is 28.6 Å². The van der Waals surface area contributed by atoms with Crippen LogP contribution in [0.15, 0.2) is 22.8 Å². The highest BCUT2D eigenvalue weighted by Gasteiger charge is 2.06. The predicted octanol–water partition coefficient (Wildman–Crippen LogP) is 2.24. The maximum absolute atomic E-state index is 5.77. The average molecular weight is 240 g/mol. The van der Waals surface area contributed by atoms with Crippen LogP contribution in [0.2, 0.25) is 0 Å². The first kappa shape index (κ1) is 8.56. The van der Waals surface area contributed by atoms with E-state index in [2.05, 4.69) is 27.8 Å². The predicted molar refractivity (Wildman–Crippen MR) is 56.7 cm³/mol. The molecule has 0 aliphatic carbocycles. The van der Waals surface area contributed by atoms with Crippen molar-refractivity contribution in [3.63, 3.8) is 0 Å². The standard InChI is InChI=1S/C9H10BrN3/c1-2-8-12-9(11)7-5-6(10)3-4-13(7)8/h3-5H,2,11H2,1H3. The van der Waals surface area contributed by atoms with Crippen molar-refractivity contribution in [2.45, 2.75) is 13.3 Å². The van der Waals surface area contributed by atoms with Gasteiger partial charge in [0.1, 0.15) is 11.6 Å². The quantitative estimate of drug-likeness (QED) is 0.830. The Morgan fingerprint density at radius 1 is 1.62 bits per heavy atom. The summed E-state index contributed by atoms with van der Waals surface area (Å²) in [7, 11) is 0. The van der Waals surface area contributed by atoms with E-state index in [9.17, 15) is 0 Å². The summed E-state index contributed by atoms with van der Waals surface area (Å²) in [6, 6.07) is 3.95. The van der Waals surface area contributed by atoms with E-state index in [1.54, 1.807) is 0 Å². The SMILES string of the molecule is CCc1nc(N)c2cc(Br)ccn12. The molecule has 0 fully saturated rings. The van der Waals surface area contributed by atoms with Crippen LogP contribution in [0.4, 0.5) is 5.82 Å². The summed E-state index contributed by atoms with van der Waals surface area (Å²) in [5.74, 6) is 1.60. The van der Waals surface area contributed by atoms with Gasteiger partial charge in [0.2, 0.25) is 0 Å². The number of aryl methyl sites for hydroxylation is 1. The molecule has 0 bridgehead atoms. The zero-order valence-electron chi connectivity index (χ0n) is 7.29. The summed E-state index contributed by atoms with van der Waals surface area (Å²) >= 11 is 3.40. The van der Waals surface area contributed by atoms with Crippen molar-refractivity contribution in [1.82, 2.24) is 9.38 Å². The molecule has 13 heavy (non-hydrogen) atoms. The van der Waals surface area contributed by atoms with E-state index in [4.69, 9.17) is 5.73 Å². The van der Waals surface area contributed by atoms with Gasteiger partial charge in [-0.2, -0.15) is 0 Å². The third-order valence-corrected chi connectivity index (χ3v) is 2.52. The fraction of sp³-hybridized carbons (Fsp3) is 0.222. The molecule has 0 atom stereocenters. The van der Waals surface area contributed by atoms with E-state index in [-0.39, 0.29) is 0 Å². The summed E-state index contributed by atoms with van der Waals surface area (Å²) in [6.07, 6.45) is 2.86. The van der Waals surface area contributed by atoms with E-state index < -0.39 is 0 Å². The second kappa shape index (κ2) is 3.03. The Kier molecular flexibility index (Phi) is 2.00. The van der Waals surface area contributed by atoms with Gasteiger partial charge in [0.05, 0.1) is 5.52 Å². The fourth-order valence-electron chi connectivity index (χ4n) is 1.40. The third kappa shape index (κ3) is 1.31. The maximum atomic E-state index is 5.77. The number of anilines is 1. The summed E-state index contributed by atoms with van der Waals surface area (Å²) in [5.41, 5.74) is 6.73. The largest absolute Gasteiger partial charge is 0.382 e. The molecule has 0 aromatic carbocycles. The van der Waals surface area contributed by atoms with E-state index >= 15 is 0 Å². The molecule has 0 spiro atoms. The molecule has 2 N–H and O–H groups in total. The number of hydrogen-bond donors (Lipinski definition) is 1. The number of fused-ring (bicyclic) bond motifs is 1. The van der Waals surface area contributed by atoms with Crippen LogP contribution in [0.25, 0.3) is 5.52 Å². The van der Waals surface area contributed by atoms with Crippen molar-refractivity contribution in [3.8, 4) is 0 Å². The van der Waals surface area contributed by atoms with Gasteiger partial charge in [-0.05, 0) is 12.1 Å². The van der Waals surface area contributed by atoms with Crippen LogP contribution >= 0.6 is 15.9 Å². The maximum Gasteiger partial charge on any atom is 0.149 e. The topological polar surface area (TPSA) is 43.3 Å². The van der Waals surface area contributed by atoms with E-state index in [0.717, 1.165) is 22.2 Å². The summed E-state index contributed by atoms with van der Waals surface area (Å²) < 4.78 is 3.04. The number of imidazole rings is 1. The molecule has 2 aromatic heterocycles. The van der Waals surface area contributed by atoms with Crippen molar-refractivity contribution in [2.24, 2.45) is 0 Å². The molecule has 0 aliphatic rings. The molecule has 3 nitrogen and oxygen atoms in total. The lowest BCUT2D eigenvalue weighted by Crippen LogP contribution is -1.90. The number of rotatable bonds is 1. The smallest absolute Gasteiger partial charge is 0.149 e. The molecular formula is C9H10BrN3. The summed E-state index contributed by atoms with van der Waals surface area (Å²) in [5, 5.41) is 0. The van der Waals surface area contributed by atoms with Crippen molar-refractivity contribution < 1.29 is 0 Å². The first-order chi connectivity index (χ1) is 6.22. The molecule has 0 unspecified atom stereocenters. The van der Waals surface area contributed by atoms with Gasteiger partial charge in [0.15, 0.2) is 0 Å². The minimum absolute atomic E-state index is 0.596. The van der Waals surface area contributed by atoms with Crippen LogP contribution in [0.5, 0.6) is 0 Å². The Balaban J connectivity index is 2.80. The number of nitrogen functional groups attached to an aromatic ring is 1. The number of aromatic nitrogens is 2. The van der Waals surface area contributed by atoms with Crippen molar-refractivity contribution in [2.75, 3.05) is 5.73 Å². The van der Waals surface area contributed by atoms with Gasteiger partial charge in [-0.3, -0.25) is 0 Å². The van der Waals surface area contributed by atoms with Crippen LogP contribution in [0.3, 0.4) is 0 Å². The van der Waals surface area contributed by atoms with Crippen LogP contribution in [0, 0.1) is 0 Å². The zero-order valence-corrected chi connectivity index (χ0v) is 8.87. The van der Waals surface area contributed by atoms with E-state index in [0.29, 0.717) is 5.82 Å². The Morgan fingerprint density at radius 3 is 3.08 bits per heavy atom. The number of hydrogen-bond acceptors (Lipinski definition) is 2. The van der Waals surface area contributed by atoms with Gasteiger partial charge in [0, 0.05) is 17.1 Å².